The summed E-state index contributed by atoms with van der Waals surface area (Å²) in [7, 11) is -4.20. The number of thioether (sulfide) groups is 1. The van der Waals surface area contributed by atoms with Gasteiger partial charge in [0.05, 0.1) is 4.92 Å². The number of benzene rings is 3. The largest absolute Gasteiger partial charge is 0.286 e. The van der Waals surface area contributed by atoms with Crippen molar-refractivity contribution in [2.45, 2.75) is 24.1 Å². The maximum atomic E-state index is 13.8. The Labute approximate surface area is 202 Å². The number of non-ortho nitro benzene ring substituents is 1. The molecule has 174 valence electrons. The number of aryl methyl sites for hydroxylation is 2. The van der Waals surface area contributed by atoms with E-state index in [0.717, 1.165) is 16.0 Å². The van der Waals surface area contributed by atoms with Gasteiger partial charge in [0.15, 0.2) is 5.37 Å². The second-order valence-electron chi connectivity index (χ2n) is 8.05. The van der Waals surface area contributed by atoms with E-state index in [1.54, 1.807) is 36.0 Å². The van der Waals surface area contributed by atoms with Crippen LogP contribution in [-0.4, -0.2) is 25.5 Å². The monoisotopic (exact) mass is 494 g/mol. The summed E-state index contributed by atoms with van der Waals surface area (Å²) in [6.07, 6.45) is 3.30. The van der Waals surface area contributed by atoms with E-state index in [2.05, 4.69) is 0 Å². The van der Waals surface area contributed by atoms with E-state index in [4.69, 9.17) is 0 Å². The summed E-state index contributed by atoms with van der Waals surface area (Å²) >= 11 is 1.55. The van der Waals surface area contributed by atoms with Crippen LogP contribution in [0.25, 0.3) is 6.08 Å². The molecule has 34 heavy (non-hydrogen) atoms. The highest BCUT2D eigenvalue weighted by Crippen LogP contribution is 2.44. The fourth-order valence-corrected chi connectivity index (χ4v) is 6.35. The van der Waals surface area contributed by atoms with E-state index in [-0.39, 0.29) is 16.2 Å². The van der Waals surface area contributed by atoms with Gasteiger partial charge >= 0.3 is 0 Å². The van der Waals surface area contributed by atoms with Gasteiger partial charge in [-0.2, -0.15) is 0 Å². The number of hydrogen-bond donors (Lipinski definition) is 0. The van der Waals surface area contributed by atoms with Crippen molar-refractivity contribution in [3.05, 3.63) is 104 Å². The van der Waals surface area contributed by atoms with E-state index in [0.29, 0.717) is 11.3 Å². The molecule has 9 heteroatoms. The molecule has 1 saturated heterocycles. The molecule has 3 aromatic carbocycles. The number of carbonyl (C=O) groups excluding carboxylic acids is 1. The number of nitrogens with zero attached hydrogens (tertiary/aromatic N) is 2. The van der Waals surface area contributed by atoms with Crippen LogP contribution in [0, 0.1) is 24.0 Å². The van der Waals surface area contributed by atoms with E-state index in [1.807, 2.05) is 38.3 Å². The van der Waals surface area contributed by atoms with Gasteiger partial charge in [0.1, 0.15) is 4.91 Å². The van der Waals surface area contributed by atoms with Crippen LogP contribution >= 0.6 is 11.8 Å². The zero-order valence-corrected chi connectivity index (χ0v) is 20.4. The minimum Gasteiger partial charge on any atom is -0.286 e. The molecule has 0 aromatic heterocycles. The van der Waals surface area contributed by atoms with E-state index in [1.165, 1.54) is 35.2 Å². The van der Waals surface area contributed by atoms with Crippen molar-refractivity contribution in [2.24, 2.45) is 0 Å². The fraction of sp³-hybridized carbons (Fsp3) is 0.160. The molecule has 0 spiro atoms. The fourth-order valence-electron chi connectivity index (χ4n) is 4.06. The van der Waals surface area contributed by atoms with Crippen LogP contribution < -0.4 is 4.90 Å². The van der Waals surface area contributed by atoms with Crippen LogP contribution in [0.1, 0.15) is 27.6 Å². The van der Waals surface area contributed by atoms with Gasteiger partial charge in [-0.25, -0.2) is 8.42 Å². The average Bonchev–Trinajstić information content (AvgIpc) is 2.99. The summed E-state index contributed by atoms with van der Waals surface area (Å²) in [6, 6.07) is 18.0. The Morgan fingerprint density at radius 3 is 2.24 bits per heavy atom. The zero-order valence-electron chi connectivity index (χ0n) is 18.8. The van der Waals surface area contributed by atoms with Gasteiger partial charge in [-0.1, -0.05) is 30.3 Å². The third-order valence-electron chi connectivity index (χ3n) is 5.53. The highest BCUT2D eigenvalue weighted by molar-refractivity contribution is 7.98. The Bertz CT molecular complexity index is 1410. The summed E-state index contributed by atoms with van der Waals surface area (Å²) < 4.78 is 27.5. The topological polar surface area (TPSA) is 97.6 Å². The van der Waals surface area contributed by atoms with Gasteiger partial charge in [-0.05, 0) is 72.7 Å². The Kier molecular flexibility index (Phi) is 6.33. The predicted octanol–water partition coefficient (Wildman–Crippen LogP) is 5.43. The predicted molar refractivity (Wildman–Crippen MR) is 134 cm³/mol. The molecule has 1 amide bonds. The van der Waals surface area contributed by atoms with Crippen LogP contribution in [0.15, 0.2) is 76.5 Å². The Morgan fingerprint density at radius 2 is 1.65 bits per heavy atom. The summed E-state index contributed by atoms with van der Waals surface area (Å²) in [4.78, 5) is 26.3. The van der Waals surface area contributed by atoms with Crippen molar-refractivity contribution in [1.82, 2.24) is 0 Å². The SMILES string of the molecule is CSc1ccc(/C=C2/C(=O)N(c3cc(C)cc(C)c3)[C@H](c3cccc([N+](=O)[O-])c3)S2(=O)=O)cc1. The Morgan fingerprint density at radius 1 is 1.00 bits per heavy atom. The number of anilines is 1. The molecule has 3 aromatic rings. The Balaban J connectivity index is 1.93. The number of nitro groups is 1. The van der Waals surface area contributed by atoms with Crippen LogP contribution in [0.4, 0.5) is 11.4 Å². The van der Waals surface area contributed by atoms with Crippen molar-refractivity contribution < 1.29 is 18.1 Å². The lowest BCUT2D eigenvalue weighted by molar-refractivity contribution is -0.384. The first-order chi connectivity index (χ1) is 16.1. The second-order valence-corrected chi connectivity index (χ2v) is 10.9. The van der Waals surface area contributed by atoms with Crippen molar-refractivity contribution in [1.29, 1.82) is 0 Å². The first-order valence-electron chi connectivity index (χ1n) is 10.4. The van der Waals surface area contributed by atoms with Crippen LogP contribution in [0.2, 0.25) is 0 Å². The van der Waals surface area contributed by atoms with Gasteiger partial charge in [-0.15, -0.1) is 11.8 Å². The first-order valence-corrected chi connectivity index (χ1v) is 13.1. The van der Waals surface area contributed by atoms with Crippen LogP contribution in [0.3, 0.4) is 0 Å². The highest BCUT2D eigenvalue weighted by atomic mass is 32.2. The number of carbonyl (C=O) groups is 1. The van der Waals surface area contributed by atoms with Crippen molar-refractivity contribution >= 4 is 45.0 Å². The lowest BCUT2D eigenvalue weighted by Gasteiger charge is -2.24. The second kappa shape index (κ2) is 9.08. The lowest BCUT2D eigenvalue weighted by Crippen LogP contribution is -2.29. The third-order valence-corrected chi connectivity index (χ3v) is 8.25. The van der Waals surface area contributed by atoms with Crippen LogP contribution in [-0.2, 0) is 14.6 Å². The maximum Gasteiger partial charge on any atom is 0.271 e. The molecule has 1 atom stereocenters. The van der Waals surface area contributed by atoms with Crippen molar-refractivity contribution in [2.75, 3.05) is 11.2 Å². The number of hydrogen-bond acceptors (Lipinski definition) is 6. The quantitative estimate of drug-likeness (QED) is 0.203. The highest BCUT2D eigenvalue weighted by Gasteiger charge is 2.50. The van der Waals surface area contributed by atoms with E-state index >= 15 is 0 Å². The molecule has 4 rings (SSSR count). The van der Waals surface area contributed by atoms with Crippen molar-refractivity contribution in [3.8, 4) is 0 Å². The number of amides is 1. The molecule has 0 unspecified atom stereocenters. The molecule has 0 bridgehead atoms. The van der Waals surface area contributed by atoms with Gasteiger partial charge in [0.2, 0.25) is 9.84 Å². The maximum absolute atomic E-state index is 13.8. The molecule has 1 aliphatic rings. The molecule has 7 nitrogen and oxygen atoms in total. The van der Waals surface area contributed by atoms with Gasteiger partial charge in [-0.3, -0.25) is 19.8 Å². The summed E-state index contributed by atoms with van der Waals surface area (Å²) in [5.41, 5.74) is 2.63. The molecule has 0 radical (unpaired) electrons. The van der Waals surface area contributed by atoms with E-state index in [9.17, 15) is 23.3 Å². The Hall–Kier alpha value is -3.43. The molecule has 0 aliphatic carbocycles. The third kappa shape index (κ3) is 4.36. The van der Waals surface area contributed by atoms with E-state index < -0.39 is 26.0 Å². The molecule has 1 fully saturated rings. The summed E-state index contributed by atoms with van der Waals surface area (Å²) in [5, 5.41) is 9.94. The minimum atomic E-state index is -4.20. The molecule has 0 saturated carbocycles. The normalized spacial score (nSPS) is 18.4. The zero-order chi connectivity index (χ0) is 24.6. The summed E-state index contributed by atoms with van der Waals surface area (Å²) in [6.45, 7) is 3.72. The number of sulfone groups is 1. The molecule has 0 N–H and O–H groups in total. The van der Waals surface area contributed by atoms with Crippen LogP contribution in [0.5, 0.6) is 0 Å². The van der Waals surface area contributed by atoms with Gasteiger partial charge < -0.3 is 0 Å². The lowest BCUT2D eigenvalue weighted by atomic mass is 10.1. The van der Waals surface area contributed by atoms with Gasteiger partial charge in [0.25, 0.3) is 11.6 Å². The molecule has 1 aliphatic heterocycles. The van der Waals surface area contributed by atoms with Gasteiger partial charge in [0, 0.05) is 22.7 Å². The standard InChI is InChI=1S/C25H22N2O5S2/c1-16-11-17(2)13-21(12-16)26-24(28)23(14-18-7-9-22(33-3)10-8-18)34(31,32)25(26)19-5-4-6-20(15-19)27(29)30/h4-15,25H,1-3H3/b23-14-/t25-/m0/s1. The smallest absolute Gasteiger partial charge is 0.271 e. The molecule has 1 heterocycles. The minimum absolute atomic E-state index is 0.155. The summed E-state index contributed by atoms with van der Waals surface area (Å²) in [5.74, 6) is -0.671. The number of nitro benzene ring substituents is 1. The first kappa shape index (κ1) is 23.7. The van der Waals surface area contributed by atoms with Crippen molar-refractivity contribution in [3.63, 3.8) is 0 Å². The molecular formula is C25H22N2O5S2. The average molecular weight is 495 g/mol. The molecular weight excluding hydrogens is 472 g/mol. The number of rotatable bonds is 5.